The van der Waals surface area contributed by atoms with E-state index >= 15 is 8.78 Å². The topological polar surface area (TPSA) is 158 Å². The number of imidazole rings is 1. The van der Waals surface area contributed by atoms with Crippen molar-refractivity contribution >= 4 is 45.5 Å². The molecule has 2 N–H and O–H groups in total. The van der Waals surface area contributed by atoms with Crippen molar-refractivity contribution in [1.29, 1.82) is 0 Å². The molecule has 5 aromatic rings. The first-order valence-electron chi connectivity index (χ1n) is 18.7. The van der Waals surface area contributed by atoms with Gasteiger partial charge in [0.15, 0.2) is 5.52 Å². The largest absolute Gasteiger partial charge is 0.479 e. The monoisotopic (exact) mass is 755 g/mol. The van der Waals surface area contributed by atoms with Gasteiger partial charge in [-0.2, -0.15) is 10.1 Å². The molecule has 0 spiro atoms. The number of aromatic nitrogens is 6. The van der Waals surface area contributed by atoms with Gasteiger partial charge in [0.1, 0.15) is 17.6 Å². The maximum absolute atomic E-state index is 16.1. The van der Waals surface area contributed by atoms with Gasteiger partial charge in [-0.25, -0.2) is 18.6 Å². The highest BCUT2D eigenvalue weighted by Gasteiger charge is 2.47. The highest BCUT2D eigenvalue weighted by Crippen LogP contribution is 2.44. The molecular weight excluding hydrogens is 712 g/mol. The number of carbonyl (C=O) groups is 3. The molecule has 0 bridgehead atoms. The van der Waals surface area contributed by atoms with Crippen LogP contribution in [0, 0.1) is 12.8 Å². The van der Waals surface area contributed by atoms with Gasteiger partial charge in [0.2, 0.25) is 17.7 Å². The Bertz CT molecular complexity index is 2380. The van der Waals surface area contributed by atoms with Crippen molar-refractivity contribution in [1.82, 2.24) is 39.1 Å². The van der Waals surface area contributed by atoms with E-state index in [1.807, 2.05) is 28.8 Å². The van der Waals surface area contributed by atoms with Gasteiger partial charge >= 0.3 is 5.69 Å². The molecular formula is C39H43F2N9O5. The Morgan fingerprint density at radius 1 is 1.04 bits per heavy atom. The van der Waals surface area contributed by atoms with Crippen LogP contribution in [0.15, 0.2) is 53.5 Å². The predicted molar refractivity (Wildman–Crippen MR) is 199 cm³/mol. The van der Waals surface area contributed by atoms with E-state index in [0.29, 0.717) is 46.9 Å². The van der Waals surface area contributed by atoms with E-state index in [-0.39, 0.29) is 49.4 Å². The Morgan fingerprint density at radius 2 is 1.82 bits per heavy atom. The molecule has 4 aromatic heterocycles. The Labute approximate surface area is 314 Å². The molecule has 2 saturated heterocycles. The summed E-state index contributed by atoms with van der Waals surface area (Å²) in [4.78, 5) is 61.3. The van der Waals surface area contributed by atoms with Crippen LogP contribution in [-0.2, 0) is 16.6 Å². The maximum Gasteiger partial charge on any atom is 0.329 e. The van der Waals surface area contributed by atoms with Crippen LogP contribution >= 0.6 is 0 Å². The van der Waals surface area contributed by atoms with Crippen molar-refractivity contribution in [3.8, 4) is 5.88 Å². The van der Waals surface area contributed by atoms with Crippen LogP contribution in [-0.4, -0.2) is 84.2 Å². The number of benzene rings is 1. The number of nitrogens with one attached hydrogen (secondary N) is 2. The van der Waals surface area contributed by atoms with Crippen molar-refractivity contribution in [2.24, 2.45) is 13.0 Å². The zero-order valence-corrected chi connectivity index (χ0v) is 30.9. The lowest BCUT2D eigenvalue weighted by atomic mass is 9.83. The number of ether oxygens (including phenoxy) is 1. The van der Waals surface area contributed by atoms with Crippen LogP contribution in [0.1, 0.15) is 84.7 Å². The fourth-order valence-corrected chi connectivity index (χ4v) is 8.75. The summed E-state index contributed by atoms with van der Waals surface area (Å²) in [6.07, 6.45) is 5.83. The van der Waals surface area contributed by atoms with E-state index in [4.69, 9.17) is 9.84 Å². The normalized spacial score (nSPS) is 23.2. The van der Waals surface area contributed by atoms with Crippen LogP contribution in [0.5, 0.6) is 5.88 Å². The third kappa shape index (κ3) is 6.87. The molecule has 2 unspecified atom stereocenters. The number of methoxy groups -OCH3 is 1. The zero-order valence-electron chi connectivity index (χ0n) is 30.9. The van der Waals surface area contributed by atoms with Gasteiger partial charge in [-0.1, -0.05) is 18.2 Å². The van der Waals surface area contributed by atoms with Crippen molar-refractivity contribution in [2.45, 2.75) is 75.8 Å². The fraction of sp³-hybridized carbons (Fsp3) is 0.462. The van der Waals surface area contributed by atoms with Gasteiger partial charge < -0.3 is 10.1 Å². The molecule has 3 amide bonds. The second-order valence-corrected chi connectivity index (χ2v) is 15.1. The van der Waals surface area contributed by atoms with Crippen molar-refractivity contribution < 1.29 is 27.9 Å². The van der Waals surface area contributed by atoms with Gasteiger partial charge in [-0.15, -0.1) is 0 Å². The fourth-order valence-electron chi connectivity index (χ4n) is 8.75. The molecule has 1 aliphatic carbocycles. The standard InChI is InChI=1S/C39H43F2N9O5/c1-22-6-4-8-28(42-22)35(52)43-31-18-24-20-49(46-33(24)37(44-31)55-3)25-12-10-23(11-13-25)19-48-17-16-27(39(40,41)21-48)26-7-5-9-29-34(26)47(2)38(54)50(29)30-14-15-32(51)45-36(30)53/h4-9,18,20,23,25,27,30H,10-17,19,21H2,1-3H3,(H,43,52)(H,45,51,53). The Kier molecular flexibility index (Phi) is 9.47. The molecule has 3 aliphatic rings. The Balaban J connectivity index is 0.916. The number of nitrogens with zero attached hydrogens (tertiary/aromatic N) is 7. The summed E-state index contributed by atoms with van der Waals surface area (Å²) >= 11 is 0. The molecule has 14 nitrogen and oxygen atoms in total. The van der Waals surface area contributed by atoms with Crippen LogP contribution in [0.25, 0.3) is 21.9 Å². The number of halogens is 2. The second-order valence-electron chi connectivity index (χ2n) is 15.1. The van der Waals surface area contributed by atoms with E-state index in [2.05, 4.69) is 20.6 Å². The summed E-state index contributed by atoms with van der Waals surface area (Å²) in [6, 6.07) is 11.2. The lowest BCUT2D eigenvalue weighted by Gasteiger charge is -2.41. The van der Waals surface area contributed by atoms with Gasteiger partial charge in [0, 0.05) is 37.3 Å². The van der Waals surface area contributed by atoms with Crippen LogP contribution in [0.3, 0.4) is 0 Å². The summed E-state index contributed by atoms with van der Waals surface area (Å²) in [6.45, 7) is 2.50. The number of alkyl halides is 2. The molecule has 2 atom stereocenters. The molecule has 1 aromatic carbocycles. The van der Waals surface area contributed by atoms with E-state index in [0.717, 1.165) is 36.8 Å². The minimum Gasteiger partial charge on any atom is -0.479 e. The van der Waals surface area contributed by atoms with Gasteiger partial charge in [-0.05, 0) is 87.7 Å². The first-order valence-corrected chi connectivity index (χ1v) is 18.7. The number of pyridine rings is 2. The molecule has 3 fully saturated rings. The second kappa shape index (κ2) is 14.3. The van der Waals surface area contributed by atoms with E-state index in [1.165, 1.54) is 16.2 Å². The number of imide groups is 1. The molecule has 1 saturated carbocycles. The zero-order chi connectivity index (χ0) is 38.6. The molecule has 6 heterocycles. The van der Waals surface area contributed by atoms with Gasteiger partial charge in [0.25, 0.3) is 11.8 Å². The van der Waals surface area contributed by atoms with Gasteiger partial charge in [0.05, 0.1) is 36.6 Å². The quantitative estimate of drug-likeness (QED) is 0.211. The number of amides is 3. The molecule has 16 heteroatoms. The molecule has 288 valence electrons. The Morgan fingerprint density at radius 3 is 2.55 bits per heavy atom. The third-order valence-electron chi connectivity index (χ3n) is 11.4. The number of anilines is 1. The number of rotatable bonds is 8. The van der Waals surface area contributed by atoms with Crippen molar-refractivity contribution in [3.05, 3.63) is 76.1 Å². The van der Waals surface area contributed by atoms with Crippen LogP contribution in [0.2, 0.25) is 0 Å². The first-order chi connectivity index (χ1) is 26.4. The number of aryl methyl sites for hydroxylation is 2. The number of para-hydroxylation sites is 1. The minimum absolute atomic E-state index is 0.0984. The lowest BCUT2D eigenvalue weighted by Crippen LogP contribution is -2.49. The number of hydrogen-bond acceptors (Lipinski definition) is 9. The predicted octanol–water partition coefficient (Wildman–Crippen LogP) is 4.88. The molecule has 8 rings (SSSR count). The summed E-state index contributed by atoms with van der Waals surface area (Å²) in [7, 11) is 3.05. The molecule has 0 radical (unpaired) electrons. The number of carbonyl (C=O) groups excluding carboxylic acids is 3. The van der Waals surface area contributed by atoms with Crippen molar-refractivity contribution in [3.63, 3.8) is 0 Å². The lowest BCUT2D eigenvalue weighted by molar-refractivity contribution is -0.135. The number of piperidine rings is 2. The van der Waals surface area contributed by atoms with Gasteiger partial charge in [-0.3, -0.25) is 38.4 Å². The van der Waals surface area contributed by atoms with E-state index in [1.54, 1.807) is 43.4 Å². The van der Waals surface area contributed by atoms with Crippen molar-refractivity contribution in [2.75, 3.05) is 32.1 Å². The maximum atomic E-state index is 16.1. The number of hydrogen-bond donors (Lipinski definition) is 2. The molecule has 2 aliphatic heterocycles. The Hall–Kier alpha value is -5.51. The van der Waals surface area contributed by atoms with Crippen LogP contribution < -0.4 is 21.1 Å². The average molecular weight is 756 g/mol. The summed E-state index contributed by atoms with van der Waals surface area (Å²) in [5.74, 6) is -4.60. The molecule has 55 heavy (non-hydrogen) atoms. The van der Waals surface area contributed by atoms with E-state index in [9.17, 15) is 19.2 Å². The first kappa shape index (κ1) is 36.5. The smallest absolute Gasteiger partial charge is 0.329 e. The third-order valence-corrected chi connectivity index (χ3v) is 11.4. The SMILES string of the molecule is COc1nc(NC(=O)c2cccc(C)n2)cc2cn(C3CCC(CN4CCC(c5cccc6c5n(C)c(=O)n6C5CCC(=O)NC5=O)C(F)(F)C4)CC3)nc12. The number of likely N-dealkylation sites (tertiary alicyclic amines) is 1. The number of fused-ring (bicyclic) bond motifs is 2. The van der Waals surface area contributed by atoms with E-state index < -0.39 is 35.4 Å². The highest BCUT2D eigenvalue weighted by molar-refractivity contribution is 6.03. The highest BCUT2D eigenvalue weighted by atomic mass is 19.3. The summed E-state index contributed by atoms with van der Waals surface area (Å²) in [5.41, 5.74) is 2.33. The summed E-state index contributed by atoms with van der Waals surface area (Å²) in [5, 5.41) is 10.7. The van der Waals surface area contributed by atoms with Crippen LogP contribution in [0.4, 0.5) is 14.6 Å². The average Bonchev–Trinajstić information content (AvgIpc) is 3.69. The summed E-state index contributed by atoms with van der Waals surface area (Å²) < 4.78 is 42.4. The minimum atomic E-state index is -3.05.